The first-order valence-corrected chi connectivity index (χ1v) is 9.98. The molecule has 2 heterocycles. The molecule has 1 aliphatic heterocycles. The van der Waals surface area contributed by atoms with Crippen LogP contribution < -0.4 is 4.74 Å². The summed E-state index contributed by atoms with van der Waals surface area (Å²) in [4.78, 5) is 29.9. The molecular formula is C20H12F3N3O5S. The van der Waals surface area contributed by atoms with E-state index in [9.17, 15) is 28.1 Å². The number of nitrogens with zero attached hydrogens (tertiary/aromatic N) is 3. The van der Waals surface area contributed by atoms with E-state index in [1.54, 1.807) is 18.2 Å². The number of aliphatic carboxylic acids is 1. The van der Waals surface area contributed by atoms with E-state index in [0.29, 0.717) is 39.5 Å². The van der Waals surface area contributed by atoms with E-state index in [1.807, 2.05) is 0 Å². The lowest BCUT2D eigenvalue weighted by atomic mass is 10.1. The van der Waals surface area contributed by atoms with Crippen LogP contribution in [0.3, 0.4) is 0 Å². The second kappa shape index (κ2) is 8.11. The van der Waals surface area contributed by atoms with Gasteiger partial charge in [0.05, 0.1) is 21.7 Å². The summed E-state index contributed by atoms with van der Waals surface area (Å²) in [7, 11) is 0. The number of pyridine rings is 1. The molecule has 1 unspecified atom stereocenters. The molecule has 0 saturated carbocycles. The number of carboxylic acids is 1. The highest BCUT2D eigenvalue weighted by molar-refractivity contribution is 8.14. The average Bonchev–Trinajstić information content (AvgIpc) is 3.23. The van der Waals surface area contributed by atoms with Gasteiger partial charge in [-0.25, -0.2) is 9.78 Å². The van der Waals surface area contributed by atoms with Gasteiger partial charge in [-0.3, -0.25) is 15.1 Å². The van der Waals surface area contributed by atoms with Crippen LogP contribution in [0.4, 0.5) is 18.9 Å². The summed E-state index contributed by atoms with van der Waals surface area (Å²) in [5, 5.41) is 21.4. The van der Waals surface area contributed by atoms with Gasteiger partial charge in [0.2, 0.25) is 5.75 Å². The molecule has 4 rings (SSSR count). The quantitative estimate of drug-likeness (QED) is 0.423. The van der Waals surface area contributed by atoms with Gasteiger partial charge in [0.25, 0.3) is 0 Å². The molecule has 0 saturated heterocycles. The summed E-state index contributed by atoms with van der Waals surface area (Å²) in [6.07, 6.45) is -4.72. The van der Waals surface area contributed by atoms with Crippen molar-refractivity contribution in [3.05, 3.63) is 69.9 Å². The number of ether oxygens (including phenoxy) is 1. The molecule has 0 bridgehead atoms. The van der Waals surface area contributed by atoms with E-state index in [4.69, 9.17) is 9.84 Å². The van der Waals surface area contributed by atoms with Crippen molar-refractivity contribution in [3.8, 4) is 11.5 Å². The number of halogens is 3. The van der Waals surface area contributed by atoms with Crippen LogP contribution >= 0.6 is 11.8 Å². The lowest BCUT2D eigenvalue weighted by Crippen LogP contribution is -2.17. The first-order chi connectivity index (χ1) is 15.1. The summed E-state index contributed by atoms with van der Waals surface area (Å²) in [5.41, 5.74) is -0.903. The maximum atomic E-state index is 12.9. The van der Waals surface area contributed by atoms with Crippen molar-refractivity contribution in [1.82, 2.24) is 4.98 Å². The van der Waals surface area contributed by atoms with Crippen LogP contribution in [0.15, 0.2) is 53.5 Å². The molecule has 0 amide bonds. The maximum absolute atomic E-state index is 12.9. The minimum absolute atomic E-state index is 0.174. The Labute approximate surface area is 181 Å². The minimum Gasteiger partial charge on any atom is -0.480 e. The summed E-state index contributed by atoms with van der Waals surface area (Å²) in [6.45, 7) is 0. The Balaban J connectivity index is 1.62. The highest BCUT2D eigenvalue weighted by Crippen LogP contribution is 2.38. The number of thioether (sulfide) groups is 1. The molecule has 32 heavy (non-hydrogen) atoms. The largest absolute Gasteiger partial charge is 0.480 e. The summed E-state index contributed by atoms with van der Waals surface area (Å²) >= 11 is 1.29. The fourth-order valence-electron chi connectivity index (χ4n) is 2.98. The molecule has 0 radical (unpaired) electrons. The van der Waals surface area contributed by atoms with Crippen LogP contribution in [0.1, 0.15) is 11.3 Å². The van der Waals surface area contributed by atoms with Crippen LogP contribution in [0, 0.1) is 10.1 Å². The Kier molecular flexibility index (Phi) is 5.46. The Hall–Kier alpha value is -3.67. The summed E-state index contributed by atoms with van der Waals surface area (Å²) in [6, 6.07) is 9.17. The van der Waals surface area contributed by atoms with Crippen molar-refractivity contribution in [1.29, 1.82) is 0 Å². The Bertz CT molecular complexity index is 1280. The monoisotopic (exact) mass is 463 g/mol. The van der Waals surface area contributed by atoms with Crippen molar-refractivity contribution < 1.29 is 32.7 Å². The van der Waals surface area contributed by atoms with Crippen LogP contribution in [0.5, 0.6) is 11.5 Å². The standard InChI is InChI=1S/C20H12F3N3O5S/c21-20(22,23)11-2-6-17(16(8-11)26(29)30)31-12-3-5-13-10(7-12)1-4-14(24-13)18-25-15(9-32-18)19(27)28/h1-8,15H,9H2,(H,27,28). The smallest absolute Gasteiger partial charge is 0.416 e. The fourth-order valence-corrected chi connectivity index (χ4v) is 3.97. The SMILES string of the molecule is O=C(O)C1CSC(c2ccc3cc(Oc4ccc(C(F)(F)F)cc4[N+](=O)[O-])ccc3n2)=N1. The molecule has 1 N–H and O–H groups in total. The van der Waals surface area contributed by atoms with Gasteiger partial charge in [0, 0.05) is 17.2 Å². The van der Waals surface area contributed by atoms with Crippen molar-refractivity contribution in [2.24, 2.45) is 4.99 Å². The van der Waals surface area contributed by atoms with Crippen molar-refractivity contribution in [2.45, 2.75) is 12.2 Å². The van der Waals surface area contributed by atoms with Crippen LogP contribution in [0.2, 0.25) is 0 Å². The van der Waals surface area contributed by atoms with Crippen molar-refractivity contribution in [2.75, 3.05) is 5.75 Å². The Morgan fingerprint density at radius 3 is 2.62 bits per heavy atom. The molecule has 2 aromatic carbocycles. The summed E-state index contributed by atoms with van der Waals surface area (Å²) < 4.78 is 44.1. The normalized spacial score (nSPS) is 16.1. The number of hydrogen-bond acceptors (Lipinski definition) is 7. The average molecular weight is 463 g/mol. The molecular weight excluding hydrogens is 451 g/mol. The van der Waals surface area contributed by atoms with E-state index >= 15 is 0 Å². The van der Waals surface area contributed by atoms with Gasteiger partial charge in [-0.1, -0.05) is 6.07 Å². The number of alkyl halides is 3. The Morgan fingerprint density at radius 1 is 1.19 bits per heavy atom. The molecule has 1 aliphatic rings. The number of rotatable bonds is 5. The third-order valence-electron chi connectivity index (χ3n) is 4.53. The predicted octanol–water partition coefficient (Wildman–Crippen LogP) is 4.90. The second-order valence-corrected chi connectivity index (χ2v) is 7.70. The van der Waals surface area contributed by atoms with Gasteiger partial charge in [-0.05, 0) is 36.4 Å². The van der Waals surface area contributed by atoms with E-state index in [1.165, 1.54) is 23.9 Å². The number of nitro benzene ring substituents is 1. The number of carboxylic acid groups (broad SMARTS) is 1. The van der Waals surface area contributed by atoms with E-state index in [2.05, 4.69) is 9.98 Å². The second-order valence-electron chi connectivity index (χ2n) is 6.69. The van der Waals surface area contributed by atoms with E-state index < -0.39 is 34.4 Å². The first kappa shape index (κ1) is 21.6. The maximum Gasteiger partial charge on any atom is 0.416 e. The van der Waals surface area contributed by atoms with E-state index in [-0.39, 0.29) is 11.5 Å². The molecule has 8 nitrogen and oxygen atoms in total. The third kappa shape index (κ3) is 4.35. The van der Waals surface area contributed by atoms with Crippen molar-refractivity contribution >= 4 is 39.4 Å². The zero-order valence-electron chi connectivity index (χ0n) is 15.9. The zero-order chi connectivity index (χ0) is 23.0. The zero-order valence-corrected chi connectivity index (χ0v) is 16.7. The molecule has 164 valence electrons. The van der Waals surface area contributed by atoms with E-state index in [0.717, 1.165) is 6.07 Å². The number of aliphatic imine (C=N–C) groups is 1. The molecule has 1 atom stereocenters. The molecule has 3 aromatic rings. The van der Waals surface area contributed by atoms with Gasteiger partial charge in [-0.15, -0.1) is 11.8 Å². The van der Waals surface area contributed by atoms with Gasteiger partial charge >= 0.3 is 17.8 Å². The van der Waals surface area contributed by atoms with Gasteiger partial charge in [-0.2, -0.15) is 13.2 Å². The van der Waals surface area contributed by atoms with Crippen LogP contribution in [0.25, 0.3) is 10.9 Å². The number of nitro groups is 1. The summed E-state index contributed by atoms with van der Waals surface area (Å²) in [5.74, 6) is -0.840. The highest BCUT2D eigenvalue weighted by Gasteiger charge is 2.33. The van der Waals surface area contributed by atoms with Gasteiger partial charge in [0.1, 0.15) is 10.8 Å². The number of hydrogen-bond donors (Lipinski definition) is 1. The molecule has 1 aromatic heterocycles. The topological polar surface area (TPSA) is 115 Å². The number of aromatic nitrogens is 1. The lowest BCUT2D eigenvalue weighted by Gasteiger charge is -2.10. The number of carbonyl (C=O) groups is 1. The Morgan fingerprint density at radius 2 is 1.97 bits per heavy atom. The fraction of sp³-hybridized carbons (Fsp3) is 0.150. The molecule has 0 spiro atoms. The lowest BCUT2D eigenvalue weighted by molar-refractivity contribution is -0.385. The molecule has 12 heteroatoms. The first-order valence-electron chi connectivity index (χ1n) is 9.00. The third-order valence-corrected chi connectivity index (χ3v) is 5.60. The minimum atomic E-state index is -4.72. The molecule has 0 aliphatic carbocycles. The van der Waals surface area contributed by atoms with Gasteiger partial charge < -0.3 is 9.84 Å². The number of benzene rings is 2. The predicted molar refractivity (Wildman–Crippen MR) is 110 cm³/mol. The molecule has 0 fully saturated rings. The van der Waals surface area contributed by atoms with Gasteiger partial charge in [0.15, 0.2) is 6.04 Å². The number of fused-ring (bicyclic) bond motifs is 1. The van der Waals surface area contributed by atoms with Crippen molar-refractivity contribution in [3.63, 3.8) is 0 Å². The highest BCUT2D eigenvalue weighted by atomic mass is 32.2. The van der Waals surface area contributed by atoms with Crippen LogP contribution in [-0.2, 0) is 11.0 Å². The van der Waals surface area contributed by atoms with Crippen LogP contribution in [-0.4, -0.2) is 37.8 Å².